The van der Waals surface area contributed by atoms with Gasteiger partial charge in [0.15, 0.2) is 0 Å². The average Bonchev–Trinajstić information content (AvgIpc) is 3.22. The molecule has 0 amide bonds. The first-order valence-electron chi connectivity index (χ1n) is 20.0. The van der Waals surface area contributed by atoms with Gasteiger partial charge in [0.1, 0.15) is 0 Å². The second-order valence-corrected chi connectivity index (χ2v) is 14.5. The van der Waals surface area contributed by atoms with Gasteiger partial charge in [-0.05, 0) is 90.4 Å². The molecule has 0 fully saturated rings. The summed E-state index contributed by atoms with van der Waals surface area (Å²) in [6, 6.07) is 34.2. The molecule has 1 aliphatic carbocycles. The summed E-state index contributed by atoms with van der Waals surface area (Å²) in [7, 11) is 1.00. The average molecular weight is 725 g/mol. The standard InChI is InChI=1S/C44H56.C6H6.C2H6.CH4O/c1-9-12-24-34(4)42(39-29-20-15-21-30-39)33-44(7,8)43(40(22-10-2)23-11-3)32-41(38-27-18-14-19-28-38)36(6)31-35(5)37-25-16-13-17-26-37;1-2-4-6-5-3-1;2*1-2/h9-20,22-29,35-36,41-43H,1-2,4,21,30-33H2,3,5-8H3;1-6H;1-2H3;2H,1H3/b23-11-,24-12-,40-22+;;;. The van der Waals surface area contributed by atoms with E-state index in [1.807, 2.05) is 68.5 Å². The molecular weight excluding hydrogens is 653 g/mol. The molecule has 1 nitrogen and oxygen atoms in total. The summed E-state index contributed by atoms with van der Waals surface area (Å²) in [4.78, 5) is 0. The highest BCUT2D eigenvalue weighted by Crippen LogP contribution is 2.49. The summed E-state index contributed by atoms with van der Waals surface area (Å²) in [5.74, 6) is 2.04. The van der Waals surface area contributed by atoms with E-state index in [9.17, 15) is 0 Å². The first-order valence-corrected chi connectivity index (χ1v) is 20.0. The smallest absolute Gasteiger partial charge is 0.0319 e. The number of aliphatic hydroxyl groups excluding tert-OH is 1. The summed E-state index contributed by atoms with van der Waals surface area (Å²) in [6.07, 6.45) is 27.0. The van der Waals surface area contributed by atoms with Gasteiger partial charge in [0, 0.05) is 13.0 Å². The molecule has 5 atom stereocenters. The van der Waals surface area contributed by atoms with Crippen LogP contribution in [0.2, 0.25) is 0 Å². The Kier molecular flexibility index (Phi) is 24.7. The number of allylic oxidation sites excluding steroid dienone is 13. The van der Waals surface area contributed by atoms with Crippen LogP contribution >= 0.6 is 0 Å². The normalized spacial score (nSPS) is 15.4. The fraction of sp³-hybridized carbons (Fsp3) is 0.358. The number of hydrogen-bond donors (Lipinski definition) is 1. The summed E-state index contributed by atoms with van der Waals surface area (Å²) >= 11 is 0. The van der Waals surface area contributed by atoms with Gasteiger partial charge < -0.3 is 5.11 Å². The van der Waals surface area contributed by atoms with E-state index >= 15 is 0 Å². The van der Waals surface area contributed by atoms with Gasteiger partial charge in [-0.3, -0.25) is 0 Å². The van der Waals surface area contributed by atoms with Crippen LogP contribution < -0.4 is 0 Å². The predicted octanol–water partition coefficient (Wildman–Crippen LogP) is 15.2. The number of aliphatic hydroxyl groups is 1. The molecule has 4 rings (SSSR count). The Morgan fingerprint density at radius 1 is 0.778 bits per heavy atom. The summed E-state index contributed by atoms with van der Waals surface area (Å²) in [5.41, 5.74) is 6.87. The highest BCUT2D eigenvalue weighted by atomic mass is 16.2. The van der Waals surface area contributed by atoms with E-state index in [1.54, 1.807) is 0 Å². The minimum absolute atomic E-state index is 0.0101. The molecule has 0 heterocycles. The van der Waals surface area contributed by atoms with Gasteiger partial charge in [0.25, 0.3) is 0 Å². The van der Waals surface area contributed by atoms with Crippen LogP contribution in [0.3, 0.4) is 0 Å². The molecular formula is C53H72O. The maximum Gasteiger partial charge on any atom is 0.0319 e. The van der Waals surface area contributed by atoms with E-state index < -0.39 is 0 Å². The third kappa shape index (κ3) is 16.7. The zero-order valence-corrected chi connectivity index (χ0v) is 35.0. The molecule has 290 valence electrons. The van der Waals surface area contributed by atoms with Crippen molar-refractivity contribution in [2.45, 2.75) is 92.4 Å². The summed E-state index contributed by atoms with van der Waals surface area (Å²) in [6.45, 7) is 28.6. The monoisotopic (exact) mass is 725 g/mol. The van der Waals surface area contributed by atoms with E-state index in [0.29, 0.717) is 23.7 Å². The van der Waals surface area contributed by atoms with Crippen molar-refractivity contribution >= 4 is 0 Å². The molecule has 1 aliphatic rings. The van der Waals surface area contributed by atoms with E-state index in [4.69, 9.17) is 5.11 Å². The van der Waals surface area contributed by atoms with E-state index in [1.165, 1.54) is 27.8 Å². The van der Waals surface area contributed by atoms with Gasteiger partial charge in [0.05, 0.1) is 0 Å². The molecule has 0 spiro atoms. The lowest BCUT2D eigenvalue weighted by molar-refractivity contribution is 0.178. The van der Waals surface area contributed by atoms with Crippen molar-refractivity contribution in [3.63, 3.8) is 0 Å². The van der Waals surface area contributed by atoms with Crippen molar-refractivity contribution in [1.29, 1.82) is 0 Å². The topological polar surface area (TPSA) is 20.2 Å². The molecule has 1 heteroatoms. The van der Waals surface area contributed by atoms with Crippen LogP contribution in [0.25, 0.3) is 0 Å². The first kappa shape index (κ1) is 47.6. The van der Waals surface area contributed by atoms with Crippen LogP contribution in [0.5, 0.6) is 0 Å². The number of benzene rings is 3. The van der Waals surface area contributed by atoms with Crippen LogP contribution in [0.4, 0.5) is 0 Å². The lowest BCUT2D eigenvalue weighted by Gasteiger charge is -2.42. The van der Waals surface area contributed by atoms with E-state index in [2.05, 4.69) is 158 Å². The number of rotatable bonds is 17. The Labute approximate surface area is 332 Å². The zero-order valence-electron chi connectivity index (χ0n) is 35.0. The van der Waals surface area contributed by atoms with Crippen molar-refractivity contribution in [1.82, 2.24) is 0 Å². The fourth-order valence-electron chi connectivity index (χ4n) is 7.59. The maximum atomic E-state index is 7.00. The Balaban J connectivity index is 0.00000129. The van der Waals surface area contributed by atoms with Gasteiger partial charge in [0.2, 0.25) is 0 Å². The van der Waals surface area contributed by atoms with Crippen molar-refractivity contribution in [2.75, 3.05) is 7.11 Å². The Hall–Kier alpha value is -4.46. The lowest BCUT2D eigenvalue weighted by atomic mass is 9.62. The molecule has 0 bridgehead atoms. The minimum atomic E-state index is -0.0101. The SMILES string of the molecule is C=C/C=C\C(=C)C(CC(C)(C)C(CC(c1ccccc1)C(C)CC(C)c1ccccc1)C(/C=C\C)=C/C=C)C1=CC=CCC1.CC.CO.c1ccccc1. The van der Waals surface area contributed by atoms with E-state index in [0.717, 1.165) is 39.2 Å². The molecule has 0 aliphatic heterocycles. The van der Waals surface area contributed by atoms with Gasteiger partial charge in [-0.25, -0.2) is 0 Å². The fourth-order valence-corrected chi connectivity index (χ4v) is 7.59. The summed E-state index contributed by atoms with van der Waals surface area (Å²) in [5, 5.41) is 7.00. The zero-order chi connectivity index (χ0) is 40.2. The van der Waals surface area contributed by atoms with Crippen LogP contribution in [0, 0.1) is 23.2 Å². The lowest BCUT2D eigenvalue weighted by Crippen LogP contribution is -2.32. The molecule has 0 radical (unpaired) electrons. The highest BCUT2D eigenvalue weighted by molar-refractivity contribution is 5.35. The van der Waals surface area contributed by atoms with Crippen LogP contribution in [0.15, 0.2) is 194 Å². The Morgan fingerprint density at radius 3 is 1.80 bits per heavy atom. The predicted molar refractivity (Wildman–Crippen MR) is 242 cm³/mol. The minimum Gasteiger partial charge on any atom is -0.400 e. The van der Waals surface area contributed by atoms with Crippen LogP contribution in [-0.2, 0) is 0 Å². The molecule has 1 N–H and O–H groups in total. The van der Waals surface area contributed by atoms with Crippen molar-refractivity contribution in [2.24, 2.45) is 23.2 Å². The second-order valence-electron chi connectivity index (χ2n) is 14.5. The molecule has 3 aromatic rings. The quantitative estimate of drug-likeness (QED) is 0.137. The second kappa shape index (κ2) is 28.0. The third-order valence-electron chi connectivity index (χ3n) is 10.3. The molecule has 0 saturated heterocycles. The number of hydrogen-bond acceptors (Lipinski definition) is 1. The molecule has 3 aromatic carbocycles. The van der Waals surface area contributed by atoms with Crippen LogP contribution in [0.1, 0.15) is 104 Å². The Bertz CT molecular complexity index is 1560. The highest BCUT2D eigenvalue weighted by Gasteiger charge is 2.38. The molecule has 0 aromatic heterocycles. The Morgan fingerprint density at radius 2 is 1.31 bits per heavy atom. The summed E-state index contributed by atoms with van der Waals surface area (Å²) < 4.78 is 0. The largest absolute Gasteiger partial charge is 0.400 e. The third-order valence-corrected chi connectivity index (χ3v) is 10.3. The van der Waals surface area contributed by atoms with E-state index in [-0.39, 0.29) is 11.3 Å². The van der Waals surface area contributed by atoms with Crippen LogP contribution in [-0.4, -0.2) is 12.2 Å². The molecule has 54 heavy (non-hydrogen) atoms. The van der Waals surface area contributed by atoms with Gasteiger partial charge in [-0.15, -0.1) is 0 Å². The van der Waals surface area contributed by atoms with Crippen molar-refractivity contribution in [3.8, 4) is 0 Å². The van der Waals surface area contributed by atoms with Gasteiger partial charge in [-0.2, -0.15) is 0 Å². The van der Waals surface area contributed by atoms with Crippen molar-refractivity contribution in [3.05, 3.63) is 205 Å². The molecule has 0 saturated carbocycles. The van der Waals surface area contributed by atoms with Gasteiger partial charge >= 0.3 is 0 Å². The van der Waals surface area contributed by atoms with Crippen molar-refractivity contribution < 1.29 is 5.11 Å². The first-order chi connectivity index (χ1) is 26.2. The molecule has 5 unspecified atom stereocenters. The van der Waals surface area contributed by atoms with Gasteiger partial charge in [-0.1, -0.05) is 225 Å². The maximum absolute atomic E-state index is 7.00.